The second-order valence-corrected chi connectivity index (χ2v) is 4.75. The molecule has 2 rings (SSSR count). The number of hydrogen-bond donors (Lipinski definition) is 2. The van der Waals surface area contributed by atoms with E-state index in [0.29, 0.717) is 24.5 Å². The van der Waals surface area contributed by atoms with Crippen molar-refractivity contribution >= 4 is 5.95 Å². The summed E-state index contributed by atoms with van der Waals surface area (Å²) < 4.78 is 11.2. The third-order valence-electron chi connectivity index (χ3n) is 3.17. The first kappa shape index (κ1) is 15.0. The molecule has 1 aromatic rings. The van der Waals surface area contributed by atoms with Crippen molar-refractivity contribution in [2.45, 2.75) is 32.3 Å². The van der Waals surface area contributed by atoms with Crippen LogP contribution in [0, 0.1) is 0 Å². The van der Waals surface area contributed by atoms with E-state index in [1.807, 2.05) is 6.92 Å². The lowest BCUT2D eigenvalue weighted by Crippen LogP contribution is -2.32. The van der Waals surface area contributed by atoms with E-state index < -0.39 is 0 Å². The number of anilines is 1. The molecule has 112 valence electrons. The smallest absolute Gasteiger partial charge is 0.225 e. The number of rotatable bonds is 8. The molecule has 0 bridgehead atoms. The van der Waals surface area contributed by atoms with E-state index in [1.165, 1.54) is 0 Å². The standard InChI is InChI=1S/C14H24N4O2/c1-2-19-13-6-10-17-14(18-13)16-7-3-11-20-12-4-8-15-9-5-12/h6,10,12,15H,2-5,7-9,11H2,1H3,(H,16,17,18). The zero-order valence-corrected chi connectivity index (χ0v) is 12.1. The Hall–Kier alpha value is -1.40. The molecule has 0 aromatic carbocycles. The van der Waals surface area contributed by atoms with Gasteiger partial charge in [-0.25, -0.2) is 4.98 Å². The molecule has 0 saturated carbocycles. The Balaban J connectivity index is 1.59. The lowest BCUT2D eigenvalue weighted by atomic mass is 10.1. The molecule has 0 spiro atoms. The van der Waals surface area contributed by atoms with Crippen molar-refractivity contribution in [3.05, 3.63) is 12.3 Å². The van der Waals surface area contributed by atoms with Gasteiger partial charge in [-0.05, 0) is 39.3 Å². The van der Waals surface area contributed by atoms with Crippen LogP contribution in [-0.2, 0) is 4.74 Å². The van der Waals surface area contributed by atoms with E-state index >= 15 is 0 Å². The first-order chi connectivity index (χ1) is 9.88. The van der Waals surface area contributed by atoms with E-state index in [-0.39, 0.29) is 0 Å². The van der Waals surface area contributed by atoms with Crippen molar-refractivity contribution in [2.24, 2.45) is 0 Å². The maximum Gasteiger partial charge on any atom is 0.225 e. The van der Waals surface area contributed by atoms with Crippen molar-refractivity contribution in [1.29, 1.82) is 0 Å². The molecular formula is C14H24N4O2. The summed E-state index contributed by atoms with van der Waals surface area (Å²) in [7, 11) is 0. The Morgan fingerprint density at radius 2 is 2.25 bits per heavy atom. The average Bonchev–Trinajstić information content (AvgIpc) is 2.49. The summed E-state index contributed by atoms with van der Waals surface area (Å²) in [6.07, 6.45) is 5.31. The van der Waals surface area contributed by atoms with Gasteiger partial charge < -0.3 is 20.1 Å². The number of nitrogens with zero attached hydrogens (tertiary/aromatic N) is 2. The Bertz CT molecular complexity index is 383. The van der Waals surface area contributed by atoms with Gasteiger partial charge in [0, 0.05) is 25.4 Å². The minimum atomic E-state index is 0.425. The highest BCUT2D eigenvalue weighted by Crippen LogP contribution is 2.09. The van der Waals surface area contributed by atoms with E-state index in [4.69, 9.17) is 9.47 Å². The van der Waals surface area contributed by atoms with Crippen LogP contribution in [0.3, 0.4) is 0 Å². The van der Waals surface area contributed by atoms with Gasteiger partial charge in [-0.3, -0.25) is 0 Å². The second kappa shape index (κ2) is 8.71. The number of nitrogens with one attached hydrogen (secondary N) is 2. The molecule has 0 unspecified atom stereocenters. The van der Waals surface area contributed by atoms with Crippen LogP contribution in [0.25, 0.3) is 0 Å². The first-order valence-electron chi connectivity index (χ1n) is 7.40. The zero-order valence-electron chi connectivity index (χ0n) is 12.1. The van der Waals surface area contributed by atoms with Gasteiger partial charge in [-0.15, -0.1) is 0 Å². The SMILES string of the molecule is CCOc1ccnc(NCCCOC2CCNCC2)n1. The van der Waals surface area contributed by atoms with Crippen molar-refractivity contribution in [1.82, 2.24) is 15.3 Å². The Kier molecular flexibility index (Phi) is 6.53. The average molecular weight is 280 g/mol. The van der Waals surface area contributed by atoms with Crippen LogP contribution < -0.4 is 15.4 Å². The predicted molar refractivity (Wildman–Crippen MR) is 78.2 cm³/mol. The van der Waals surface area contributed by atoms with Crippen molar-refractivity contribution in [2.75, 3.05) is 38.2 Å². The molecule has 1 aliphatic rings. The van der Waals surface area contributed by atoms with E-state index in [9.17, 15) is 0 Å². The molecule has 0 amide bonds. The fourth-order valence-corrected chi connectivity index (χ4v) is 2.14. The lowest BCUT2D eigenvalue weighted by molar-refractivity contribution is 0.0329. The molecule has 1 saturated heterocycles. The summed E-state index contributed by atoms with van der Waals surface area (Å²) >= 11 is 0. The summed E-state index contributed by atoms with van der Waals surface area (Å²) in [6.45, 7) is 6.28. The molecule has 6 nitrogen and oxygen atoms in total. The molecule has 0 radical (unpaired) electrons. The third kappa shape index (κ3) is 5.30. The number of aromatic nitrogens is 2. The van der Waals surface area contributed by atoms with Crippen LogP contribution in [0.4, 0.5) is 5.95 Å². The normalized spacial score (nSPS) is 16.1. The van der Waals surface area contributed by atoms with Crippen LogP contribution in [0.1, 0.15) is 26.2 Å². The van der Waals surface area contributed by atoms with Gasteiger partial charge in [0.05, 0.1) is 12.7 Å². The quantitative estimate of drug-likeness (QED) is 0.702. The van der Waals surface area contributed by atoms with Gasteiger partial charge in [-0.2, -0.15) is 4.98 Å². The largest absolute Gasteiger partial charge is 0.478 e. The Morgan fingerprint density at radius 1 is 1.40 bits per heavy atom. The Morgan fingerprint density at radius 3 is 3.05 bits per heavy atom. The van der Waals surface area contributed by atoms with Crippen LogP contribution in [-0.4, -0.2) is 48.9 Å². The van der Waals surface area contributed by atoms with Crippen LogP contribution in [0.2, 0.25) is 0 Å². The molecule has 0 aliphatic carbocycles. The van der Waals surface area contributed by atoms with Gasteiger partial charge in [-0.1, -0.05) is 0 Å². The van der Waals surface area contributed by atoms with Gasteiger partial charge >= 0.3 is 0 Å². The van der Waals surface area contributed by atoms with Crippen LogP contribution in [0.15, 0.2) is 12.3 Å². The second-order valence-electron chi connectivity index (χ2n) is 4.75. The first-order valence-corrected chi connectivity index (χ1v) is 7.40. The minimum absolute atomic E-state index is 0.425. The lowest BCUT2D eigenvalue weighted by Gasteiger charge is -2.22. The van der Waals surface area contributed by atoms with Crippen molar-refractivity contribution in [3.63, 3.8) is 0 Å². The minimum Gasteiger partial charge on any atom is -0.478 e. The van der Waals surface area contributed by atoms with Crippen LogP contribution >= 0.6 is 0 Å². The molecule has 1 fully saturated rings. The van der Waals surface area contributed by atoms with Gasteiger partial charge in [0.2, 0.25) is 11.8 Å². The van der Waals surface area contributed by atoms with Crippen molar-refractivity contribution < 1.29 is 9.47 Å². The summed E-state index contributed by atoms with van der Waals surface area (Å²) in [6, 6.07) is 1.76. The fraction of sp³-hybridized carbons (Fsp3) is 0.714. The summed E-state index contributed by atoms with van der Waals surface area (Å²) in [5.41, 5.74) is 0. The molecule has 1 aliphatic heterocycles. The van der Waals surface area contributed by atoms with Crippen molar-refractivity contribution in [3.8, 4) is 5.88 Å². The number of ether oxygens (including phenoxy) is 2. The Labute approximate surface area is 120 Å². The monoisotopic (exact) mass is 280 g/mol. The number of hydrogen-bond acceptors (Lipinski definition) is 6. The number of piperidine rings is 1. The maximum absolute atomic E-state index is 5.84. The molecular weight excluding hydrogens is 256 g/mol. The predicted octanol–water partition coefficient (Wildman–Crippen LogP) is 1.45. The molecule has 2 N–H and O–H groups in total. The molecule has 0 atom stereocenters. The van der Waals surface area contributed by atoms with Gasteiger partial charge in [0.15, 0.2) is 0 Å². The topological polar surface area (TPSA) is 68.3 Å². The highest BCUT2D eigenvalue weighted by molar-refractivity contribution is 5.27. The zero-order chi connectivity index (χ0) is 14.0. The van der Waals surface area contributed by atoms with E-state index in [0.717, 1.165) is 45.5 Å². The molecule has 6 heteroatoms. The third-order valence-corrected chi connectivity index (χ3v) is 3.17. The highest BCUT2D eigenvalue weighted by Gasteiger charge is 2.12. The fourth-order valence-electron chi connectivity index (χ4n) is 2.14. The van der Waals surface area contributed by atoms with E-state index in [2.05, 4.69) is 20.6 Å². The summed E-state index contributed by atoms with van der Waals surface area (Å²) in [5, 5.41) is 6.52. The summed E-state index contributed by atoms with van der Waals surface area (Å²) in [4.78, 5) is 8.41. The molecule has 1 aromatic heterocycles. The highest BCUT2D eigenvalue weighted by atomic mass is 16.5. The summed E-state index contributed by atoms with van der Waals surface area (Å²) in [5.74, 6) is 1.22. The maximum atomic E-state index is 5.84. The van der Waals surface area contributed by atoms with Gasteiger partial charge in [0.1, 0.15) is 0 Å². The van der Waals surface area contributed by atoms with E-state index in [1.54, 1.807) is 12.3 Å². The van der Waals surface area contributed by atoms with Crippen LogP contribution in [0.5, 0.6) is 5.88 Å². The molecule has 20 heavy (non-hydrogen) atoms. The molecule has 2 heterocycles. The van der Waals surface area contributed by atoms with Gasteiger partial charge in [0.25, 0.3) is 0 Å².